The Morgan fingerprint density at radius 1 is 0.609 bits per heavy atom. The highest BCUT2D eigenvalue weighted by Crippen LogP contribution is 2.54. The minimum Gasteiger partial charge on any atom is -0.259 e. The third-order valence-electron chi connectivity index (χ3n) is 2.73. The van der Waals surface area contributed by atoms with E-state index >= 15 is 0 Å². The molecule has 0 aromatic heterocycles. The second-order valence-electron chi connectivity index (χ2n) is 3.96. The Bertz CT molecular complexity index is 612. The standard InChI is InChI=1S/C10F12O/c11-2-1(3(12)5(14)6(15)4(2)13)8(7(16)23,9(17,18)19)10(20,21)22. The highest BCUT2D eigenvalue weighted by atomic mass is 19.4. The van der Waals surface area contributed by atoms with Crippen LogP contribution in [0.4, 0.5) is 52.7 Å². The first-order valence-electron chi connectivity index (χ1n) is 4.97. The topological polar surface area (TPSA) is 17.1 Å². The molecule has 1 aromatic carbocycles. The number of carbonyl (C=O) groups is 1. The summed E-state index contributed by atoms with van der Waals surface area (Å²) in [5.41, 5.74) is -10.3. The second kappa shape index (κ2) is 5.30. The van der Waals surface area contributed by atoms with Crippen molar-refractivity contribution in [3.8, 4) is 0 Å². The van der Waals surface area contributed by atoms with Gasteiger partial charge in [0.25, 0.3) is 5.41 Å². The van der Waals surface area contributed by atoms with Gasteiger partial charge in [-0.1, -0.05) is 0 Å². The van der Waals surface area contributed by atoms with E-state index < -0.39 is 58.5 Å². The predicted molar refractivity (Wildman–Crippen MR) is 46.1 cm³/mol. The first-order chi connectivity index (χ1) is 10.1. The summed E-state index contributed by atoms with van der Waals surface area (Å²) in [6.07, 6.45) is -14.2. The molecule has 0 atom stereocenters. The van der Waals surface area contributed by atoms with E-state index in [1.807, 2.05) is 0 Å². The van der Waals surface area contributed by atoms with E-state index in [1.165, 1.54) is 0 Å². The second-order valence-corrected chi connectivity index (χ2v) is 3.96. The number of alkyl halides is 6. The summed E-state index contributed by atoms with van der Waals surface area (Å²) in [5, 5.41) is 0. The Morgan fingerprint density at radius 3 is 1.09 bits per heavy atom. The maximum Gasteiger partial charge on any atom is 0.417 e. The van der Waals surface area contributed by atoms with Crippen LogP contribution in [0.1, 0.15) is 5.56 Å². The largest absolute Gasteiger partial charge is 0.417 e. The van der Waals surface area contributed by atoms with E-state index in [1.54, 1.807) is 0 Å². The van der Waals surface area contributed by atoms with Gasteiger partial charge < -0.3 is 0 Å². The van der Waals surface area contributed by atoms with Crippen molar-refractivity contribution in [3.63, 3.8) is 0 Å². The minimum atomic E-state index is -7.10. The van der Waals surface area contributed by atoms with Gasteiger partial charge in [-0.2, -0.15) is 30.7 Å². The lowest BCUT2D eigenvalue weighted by Gasteiger charge is -2.33. The molecular formula is C10F12O. The molecule has 0 bridgehead atoms. The van der Waals surface area contributed by atoms with Gasteiger partial charge in [-0.25, -0.2) is 22.0 Å². The number of rotatable bonds is 2. The molecule has 1 nitrogen and oxygen atoms in total. The molecule has 0 aliphatic heterocycles. The van der Waals surface area contributed by atoms with E-state index in [0.29, 0.717) is 0 Å². The monoisotopic (exact) mass is 364 g/mol. The molecule has 13 heteroatoms. The van der Waals surface area contributed by atoms with Gasteiger partial charge in [0.15, 0.2) is 23.3 Å². The zero-order chi connectivity index (χ0) is 18.5. The van der Waals surface area contributed by atoms with Crippen molar-refractivity contribution >= 4 is 6.04 Å². The highest BCUT2D eigenvalue weighted by molar-refractivity contribution is 5.85. The molecule has 0 radical (unpaired) electrons. The Balaban J connectivity index is 4.20. The van der Waals surface area contributed by atoms with Crippen molar-refractivity contribution in [1.29, 1.82) is 0 Å². The summed E-state index contributed by atoms with van der Waals surface area (Å²) in [5.74, 6) is -16.8. The van der Waals surface area contributed by atoms with E-state index in [9.17, 15) is 57.5 Å². The molecule has 0 heterocycles. The van der Waals surface area contributed by atoms with Crippen LogP contribution < -0.4 is 0 Å². The lowest BCUT2D eigenvalue weighted by Crippen LogP contribution is -2.59. The first-order valence-corrected chi connectivity index (χ1v) is 4.97. The number of carbonyl (C=O) groups excluding carboxylic acids is 1. The molecule has 1 aromatic rings. The summed E-state index contributed by atoms with van der Waals surface area (Å²) in [6, 6.07) is -4.42. The lowest BCUT2D eigenvalue weighted by molar-refractivity contribution is -0.296. The van der Waals surface area contributed by atoms with Crippen LogP contribution in [0, 0.1) is 29.1 Å². The van der Waals surface area contributed by atoms with Crippen molar-refractivity contribution in [2.45, 2.75) is 17.8 Å². The number of halogens is 12. The Kier molecular flexibility index (Phi) is 4.40. The zero-order valence-electron chi connectivity index (χ0n) is 9.94. The molecule has 0 aliphatic carbocycles. The van der Waals surface area contributed by atoms with E-state index in [0.717, 1.165) is 0 Å². The SMILES string of the molecule is O=C(F)C(c1c(F)c(F)c(F)c(F)c1F)(C(F)(F)F)C(F)(F)F. The molecule has 1 rings (SSSR count). The first kappa shape index (κ1) is 19.1. The van der Waals surface area contributed by atoms with Crippen LogP contribution in [-0.4, -0.2) is 18.4 Å². The average Bonchev–Trinajstić information content (AvgIpc) is 2.35. The Labute approximate surface area is 117 Å². The van der Waals surface area contributed by atoms with E-state index in [-0.39, 0.29) is 0 Å². The Morgan fingerprint density at radius 2 is 0.870 bits per heavy atom. The summed E-state index contributed by atoms with van der Waals surface area (Å²) < 4.78 is 154. The van der Waals surface area contributed by atoms with Crippen LogP contribution >= 0.6 is 0 Å². The van der Waals surface area contributed by atoms with Crippen molar-refractivity contribution in [1.82, 2.24) is 0 Å². The highest BCUT2D eigenvalue weighted by Gasteiger charge is 2.79. The third-order valence-corrected chi connectivity index (χ3v) is 2.73. The summed E-state index contributed by atoms with van der Waals surface area (Å²) in [4.78, 5) is 10.4. The fourth-order valence-corrected chi connectivity index (χ4v) is 1.70. The van der Waals surface area contributed by atoms with Gasteiger partial charge in [0.05, 0.1) is 5.56 Å². The van der Waals surface area contributed by atoms with Crippen LogP contribution in [0.3, 0.4) is 0 Å². The van der Waals surface area contributed by atoms with E-state index in [4.69, 9.17) is 0 Å². The van der Waals surface area contributed by atoms with Crippen LogP contribution in [0.2, 0.25) is 0 Å². The van der Waals surface area contributed by atoms with Crippen LogP contribution in [0.5, 0.6) is 0 Å². The van der Waals surface area contributed by atoms with Gasteiger partial charge in [-0.05, 0) is 0 Å². The van der Waals surface area contributed by atoms with Crippen LogP contribution in [0.25, 0.3) is 0 Å². The molecule has 0 spiro atoms. The van der Waals surface area contributed by atoms with Gasteiger partial charge in [0.2, 0.25) is 5.82 Å². The predicted octanol–water partition coefficient (Wildman–Crippen LogP) is 4.24. The maximum absolute atomic E-state index is 13.3. The van der Waals surface area contributed by atoms with Gasteiger partial charge >= 0.3 is 18.4 Å². The normalized spacial score (nSPS) is 13.4. The number of hydrogen-bond donors (Lipinski definition) is 0. The smallest absolute Gasteiger partial charge is 0.259 e. The van der Waals surface area contributed by atoms with Crippen LogP contribution in [-0.2, 0) is 10.2 Å². The van der Waals surface area contributed by atoms with Crippen molar-refractivity contribution < 1.29 is 57.5 Å². The quantitative estimate of drug-likeness (QED) is 0.332. The Hall–Kier alpha value is -1.95. The fourth-order valence-electron chi connectivity index (χ4n) is 1.70. The number of hydrogen-bond acceptors (Lipinski definition) is 1. The summed E-state index contributed by atoms with van der Waals surface area (Å²) in [6.45, 7) is 0. The molecule has 0 aliphatic rings. The minimum absolute atomic E-state index is 3.09. The molecule has 0 N–H and O–H groups in total. The van der Waals surface area contributed by atoms with Gasteiger partial charge in [0.1, 0.15) is 0 Å². The fraction of sp³-hybridized carbons (Fsp3) is 0.300. The molecular weight excluding hydrogens is 364 g/mol. The van der Waals surface area contributed by atoms with Crippen molar-refractivity contribution in [3.05, 3.63) is 34.6 Å². The third kappa shape index (κ3) is 2.41. The number of benzene rings is 1. The zero-order valence-corrected chi connectivity index (χ0v) is 9.94. The lowest BCUT2D eigenvalue weighted by atomic mass is 9.78. The molecule has 0 fully saturated rings. The molecule has 0 unspecified atom stereocenters. The van der Waals surface area contributed by atoms with Gasteiger partial charge in [-0.3, -0.25) is 4.79 Å². The van der Waals surface area contributed by atoms with Gasteiger partial charge in [-0.15, -0.1) is 0 Å². The van der Waals surface area contributed by atoms with Crippen molar-refractivity contribution in [2.24, 2.45) is 0 Å². The molecule has 23 heavy (non-hydrogen) atoms. The molecule has 0 saturated carbocycles. The van der Waals surface area contributed by atoms with Crippen molar-refractivity contribution in [2.75, 3.05) is 0 Å². The molecule has 130 valence electrons. The van der Waals surface area contributed by atoms with Crippen LogP contribution in [0.15, 0.2) is 0 Å². The van der Waals surface area contributed by atoms with E-state index in [2.05, 4.69) is 0 Å². The van der Waals surface area contributed by atoms with Gasteiger partial charge in [0, 0.05) is 0 Å². The molecule has 0 amide bonds. The summed E-state index contributed by atoms with van der Waals surface area (Å²) in [7, 11) is 0. The summed E-state index contributed by atoms with van der Waals surface area (Å²) >= 11 is 0. The maximum atomic E-state index is 13.3. The average molecular weight is 364 g/mol. The molecule has 0 saturated heterocycles.